The second-order valence-electron chi connectivity index (χ2n) is 5.15. The Morgan fingerprint density at radius 3 is 2.39 bits per heavy atom. The van der Waals surface area contributed by atoms with Gasteiger partial charge in [-0.05, 0) is 45.1 Å². The number of hydrogen-bond donors (Lipinski definition) is 1. The first-order chi connectivity index (χ1) is 8.56. The molecule has 3 heteroatoms. The highest BCUT2D eigenvalue weighted by molar-refractivity contribution is 5.54. The van der Waals surface area contributed by atoms with Gasteiger partial charge in [0.2, 0.25) is 0 Å². The van der Waals surface area contributed by atoms with Gasteiger partial charge in [-0.1, -0.05) is 25.1 Å². The van der Waals surface area contributed by atoms with E-state index in [1.807, 2.05) is 0 Å². The molecule has 1 aromatic rings. The summed E-state index contributed by atoms with van der Waals surface area (Å²) >= 11 is 0. The fourth-order valence-electron chi connectivity index (χ4n) is 2.11. The highest BCUT2D eigenvalue weighted by Crippen LogP contribution is 2.25. The van der Waals surface area contributed by atoms with Crippen LogP contribution < -0.4 is 10.6 Å². The molecule has 0 aliphatic carbocycles. The van der Waals surface area contributed by atoms with Gasteiger partial charge in [-0.15, -0.1) is 0 Å². The van der Waals surface area contributed by atoms with Gasteiger partial charge >= 0.3 is 0 Å². The van der Waals surface area contributed by atoms with Crippen LogP contribution in [0.25, 0.3) is 0 Å². The van der Waals surface area contributed by atoms with E-state index in [-0.39, 0.29) is 6.04 Å². The zero-order valence-electron chi connectivity index (χ0n) is 12.2. The van der Waals surface area contributed by atoms with Gasteiger partial charge in [-0.3, -0.25) is 0 Å². The number of hydrogen-bond acceptors (Lipinski definition) is 3. The Bertz CT molecular complexity index is 349. The average Bonchev–Trinajstić information content (AvgIpc) is 2.37. The molecule has 0 aliphatic heterocycles. The third-order valence-electron chi connectivity index (χ3n) is 3.29. The highest BCUT2D eigenvalue weighted by atomic mass is 15.1. The van der Waals surface area contributed by atoms with Crippen molar-refractivity contribution in [2.45, 2.75) is 25.8 Å². The van der Waals surface area contributed by atoms with E-state index in [0.29, 0.717) is 0 Å². The third kappa shape index (κ3) is 4.31. The van der Waals surface area contributed by atoms with Crippen molar-refractivity contribution < 1.29 is 0 Å². The van der Waals surface area contributed by atoms with Crippen molar-refractivity contribution in [3.8, 4) is 0 Å². The molecule has 0 radical (unpaired) electrons. The van der Waals surface area contributed by atoms with E-state index in [1.165, 1.54) is 17.7 Å². The van der Waals surface area contributed by atoms with Gasteiger partial charge in [0.25, 0.3) is 0 Å². The number of benzene rings is 1. The van der Waals surface area contributed by atoms with Crippen LogP contribution in [0.5, 0.6) is 0 Å². The summed E-state index contributed by atoms with van der Waals surface area (Å²) in [6.07, 6.45) is 2.14. The van der Waals surface area contributed by atoms with Crippen LogP contribution in [0.2, 0.25) is 0 Å². The zero-order valence-corrected chi connectivity index (χ0v) is 12.2. The van der Waals surface area contributed by atoms with Gasteiger partial charge < -0.3 is 15.5 Å². The third-order valence-corrected chi connectivity index (χ3v) is 3.29. The number of nitrogens with zero attached hydrogens (tertiary/aromatic N) is 2. The Hall–Kier alpha value is -1.06. The van der Waals surface area contributed by atoms with E-state index < -0.39 is 0 Å². The van der Waals surface area contributed by atoms with E-state index in [9.17, 15) is 0 Å². The van der Waals surface area contributed by atoms with Crippen LogP contribution in [0.3, 0.4) is 0 Å². The van der Waals surface area contributed by atoms with Crippen molar-refractivity contribution in [2.75, 3.05) is 39.1 Å². The quantitative estimate of drug-likeness (QED) is 0.806. The maximum absolute atomic E-state index is 6.17. The van der Waals surface area contributed by atoms with Crippen LogP contribution in [0.4, 0.5) is 5.69 Å². The maximum Gasteiger partial charge on any atom is 0.0412 e. The van der Waals surface area contributed by atoms with Crippen LogP contribution in [-0.2, 0) is 0 Å². The predicted octanol–water partition coefficient (Wildman–Crippen LogP) is 2.48. The van der Waals surface area contributed by atoms with Crippen LogP contribution in [0.15, 0.2) is 24.3 Å². The zero-order chi connectivity index (χ0) is 13.5. The molecule has 1 rings (SSSR count). The molecule has 1 atom stereocenters. The number of para-hydroxylation sites is 1. The minimum atomic E-state index is 0.137. The lowest BCUT2D eigenvalue weighted by molar-refractivity contribution is 0.401. The first kappa shape index (κ1) is 15.0. The Balaban J connectivity index is 2.69. The van der Waals surface area contributed by atoms with Gasteiger partial charge in [0.15, 0.2) is 0 Å². The average molecular weight is 249 g/mol. The lowest BCUT2D eigenvalue weighted by atomic mass is 10.0. The van der Waals surface area contributed by atoms with E-state index in [2.05, 4.69) is 62.1 Å². The molecule has 2 N–H and O–H groups in total. The van der Waals surface area contributed by atoms with Crippen molar-refractivity contribution in [3.63, 3.8) is 0 Å². The Kier molecular flexibility index (Phi) is 6.16. The monoisotopic (exact) mass is 249 g/mol. The summed E-state index contributed by atoms with van der Waals surface area (Å²) in [6, 6.07) is 8.61. The topological polar surface area (TPSA) is 32.5 Å². The van der Waals surface area contributed by atoms with Crippen LogP contribution in [0, 0.1) is 0 Å². The van der Waals surface area contributed by atoms with Crippen molar-refractivity contribution >= 4 is 5.69 Å². The van der Waals surface area contributed by atoms with Crippen molar-refractivity contribution in [1.29, 1.82) is 0 Å². The van der Waals surface area contributed by atoms with Gasteiger partial charge in [-0.25, -0.2) is 0 Å². The van der Waals surface area contributed by atoms with Gasteiger partial charge in [0.1, 0.15) is 0 Å². The summed E-state index contributed by atoms with van der Waals surface area (Å²) in [5.41, 5.74) is 8.70. The van der Waals surface area contributed by atoms with Crippen molar-refractivity contribution in [1.82, 2.24) is 4.90 Å². The molecule has 0 saturated heterocycles. The molecule has 0 aromatic heterocycles. The summed E-state index contributed by atoms with van der Waals surface area (Å²) < 4.78 is 0. The van der Waals surface area contributed by atoms with Gasteiger partial charge in [-0.2, -0.15) is 0 Å². The molecular weight excluding hydrogens is 222 g/mol. The molecule has 0 heterocycles. The number of anilines is 1. The molecule has 18 heavy (non-hydrogen) atoms. The maximum atomic E-state index is 6.17. The summed E-state index contributed by atoms with van der Waals surface area (Å²) in [6.45, 7) is 4.31. The van der Waals surface area contributed by atoms with Crippen molar-refractivity contribution in [3.05, 3.63) is 29.8 Å². The molecular formula is C15H27N3. The Labute approximate surface area is 112 Å². The minimum absolute atomic E-state index is 0.137. The molecule has 0 saturated carbocycles. The Morgan fingerprint density at radius 1 is 1.11 bits per heavy atom. The lowest BCUT2D eigenvalue weighted by Gasteiger charge is -2.25. The highest BCUT2D eigenvalue weighted by Gasteiger charge is 2.11. The molecule has 0 bridgehead atoms. The number of nitrogens with two attached hydrogens (primary N) is 1. The first-order valence-electron chi connectivity index (χ1n) is 6.76. The molecule has 102 valence electrons. The lowest BCUT2D eigenvalue weighted by Crippen LogP contribution is -2.25. The van der Waals surface area contributed by atoms with E-state index in [1.54, 1.807) is 0 Å². The van der Waals surface area contributed by atoms with Crippen LogP contribution >= 0.6 is 0 Å². The molecule has 0 amide bonds. The fraction of sp³-hybridized carbons (Fsp3) is 0.600. The summed E-state index contributed by atoms with van der Waals surface area (Å²) in [5, 5.41) is 0. The normalized spacial score (nSPS) is 12.8. The molecule has 1 aromatic carbocycles. The van der Waals surface area contributed by atoms with E-state index in [0.717, 1.165) is 19.5 Å². The van der Waals surface area contributed by atoms with Crippen molar-refractivity contribution in [2.24, 2.45) is 5.73 Å². The van der Waals surface area contributed by atoms with Gasteiger partial charge in [0, 0.05) is 25.3 Å². The van der Waals surface area contributed by atoms with E-state index >= 15 is 0 Å². The summed E-state index contributed by atoms with van der Waals surface area (Å²) in [5.74, 6) is 0. The minimum Gasteiger partial charge on any atom is -0.374 e. The molecule has 0 unspecified atom stereocenters. The Morgan fingerprint density at radius 2 is 1.78 bits per heavy atom. The molecule has 0 aliphatic rings. The van der Waals surface area contributed by atoms with Crippen LogP contribution in [-0.4, -0.2) is 39.1 Å². The summed E-state index contributed by atoms with van der Waals surface area (Å²) in [4.78, 5) is 4.53. The summed E-state index contributed by atoms with van der Waals surface area (Å²) in [7, 11) is 6.37. The number of rotatable bonds is 7. The molecule has 0 fully saturated rings. The molecule has 3 nitrogen and oxygen atoms in total. The second kappa shape index (κ2) is 7.39. The standard InChI is InChI=1S/C15H27N3/c1-5-14(16)13-9-6-7-10-15(13)18(4)12-8-11-17(2)3/h6-7,9-10,14H,5,8,11-12,16H2,1-4H3/t14-/m0/s1. The first-order valence-corrected chi connectivity index (χ1v) is 6.76. The van der Waals surface area contributed by atoms with E-state index in [4.69, 9.17) is 5.73 Å². The van der Waals surface area contributed by atoms with Gasteiger partial charge in [0.05, 0.1) is 0 Å². The fourth-order valence-corrected chi connectivity index (χ4v) is 2.11. The predicted molar refractivity (Wildman–Crippen MR) is 80.1 cm³/mol. The smallest absolute Gasteiger partial charge is 0.0412 e. The molecule has 0 spiro atoms. The second-order valence-corrected chi connectivity index (χ2v) is 5.15. The largest absolute Gasteiger partial charge is 0.374 e. The SMILES string of the molecule is CC[C@H](N)c1ccccc1N(C)CCCN(C)C. The van der Waals surface area contributed by atoms with Crippen LogP contribution in [0.1, 0.15) is 31.4 Å².